The third-order valence-corrected chi connectivity index (χ3v) is 0.655. The number of ketones is 1. The molecule has 0 amide bonds. The number of carbonyl (C=O) groups is 2. The third kappa shape index (κ3) is 4.74. The van der Waals surface area contributed by atoms with Crippen LogP contribution in [0.15, 0.2) is 12.2 Å². The maximum Gasteiger partial charge on any atom is 0.330 e. The van der Waals surface area contributed by atoms with E-state index in [0.29, 0.717) is 0 Å². The van der Waals surface area contributed by atoms with Crippen LogP contribution in [-0.2, 0) is 14.3 Å². The summed E-state index contributed by atoms with van der Waals surface area (Å²) in [7, 11) is 1.26. The first kappa shape index (κ1) is 7.88. The molecule has 50 valence electrons. The van der Waals surface area contributed by atoms with Crippen LogP contribution in [-0.4, -0.2) is 18.9 Å². The first-order valence-corrected chi connectivity index (χ1v) is 2.43. The Balaban J connectivity index is 3.71. The molecule has 0 spiro atoms. The summed E-state index contributed by atoms with van der Waals surface area (Å²) in [6.07, 6.45) is 2.24. The van der Waals surface area contributed by atoms with Crippen molar-refractivity contribution in [2.75, 3.05) is 7.11 Å². The summed E-state index contributed by atoms with van der Waals surface area (Å²) in [4.78, 5) is 20.4. The lowest BCUT2D eigenvalue weighted by Gasteiger charge is -1.85. The van der Waals surface area contributed by atoms with Crippen molar-refractivity contribution in [1.82, 2.24) is 0 Å². The van der Waals surface area contributed by atoms with E-state index in [0.717, 1.165) is 12.2 Å². The minimum absolute atomic E-state index is 0.166. The summed E-state index contributed by atoms with van der Waals surface area (Å²) in [5.41, 5.74) is 0. The topological polar surface area (TPSA) is 43.4 Å². The molecule has 0 heterocycles. The van der Waals surface area contributed by atoms with E-state index >= 15 is 0 Å². The number of rotatable bonds is 2. The maximum atomic E-state index is 10.3. The van der Waals surface area contributed by atoms with Gasteiger partial charge < -0.3 is 4.74 Å². The SMILES string of the molecule is COC(=O)/C=C/C(C)=O. The van der Waals surface area contributed by atoms with Gasteiger partial charge >= 0.3 is 5.97 Å². The minimum atomic E-state index is -0.509. The quantitative estimate of drug-likeness (QED) is 0.397. The summed E-state index contributed by atoms with van der Waals surface area (Å²) in [5, 5.41) is 0. The summed E-state index contributed by atoms with van der Waals surface area (Å²) >= 11 is 0. The molecule has 0 aliphatic rings. The highest BCUT2D eigenvalue weighted by Crippen LogP contribution is 1.78. The summed E-state index contributed by atoms with van der Waals surface area (Å²) < 4.78 is 4.22. The molecule has 9 heavy (non-hydrogen) atoms. The number of ether oxygens (including phenoxy) is 1. The van der Waals surface area contributed by atoms with E-state index in [-0.39, 0.29) is 5.78 Å². The average molecular weight is 128 g/mol. The van der Waals surface area contributed by atoms with Gasteiger partial charge in [-0.25, -0.2) is 4.79 Å². The summed E-state index contributed by atoms with van der Waals surface area (Å²) in [6, 6.07) is 0. The predicted octanol–water partition coefficient (Wildman–Crippen LogP) is 0.305. The van der Waals surface area contributed by atoms with Crippen LogP contribution in [0, 0.1) is 0 Å². The van der Waals surface area contributed by atoms with Crippen LogP contribution in [0.4, 0.5) is 0 Å². The molecule has 3 heteroatoms. The Labute approximate surface area is 53.3 Å². The molecule has 0 bridgehead atoms. The Morgan fingerprint density at radius 1 is 1.33 bits per heavy atom. The zero-order chi connectivity index (χ0) is 7.28. The van der Waals surface area contributed by atoms with E-state index in [1.54, 1.807) is 0 Å². The minimum Gasteiger partial charge on any atom is -0.466 e. The second-order valence-electron chi connectivity index (χ2n) is 1.47. The van der Waals surface area contributed by atoms with E-state index in [1.165, 1.54) is 14.0 Å². The van der Waals surface area contributed by atoms with Crippen LogP contribution < -0.4 is 0 Å². The predicted molar refractivity (Wildman–Crippen MR) is 31.8 cm³/mol. The monoisotopic (exact) mass is 128 g/mol. The maximum absolute atomic E-state index is 10.3. The van der Waals surface area contributed by atoms with Gasteiger partial charge in [-0.1, -0.05) is 0 Å². The van der Waals surface area contributed by atoms with Gasteiger partial charge in [-0.05, 0) is 13.0 Å². The number of carbonyl (C=O) groups excluding carboxylic acids is 2. The van der Waals surface area contributed by atoms with Crippen LogP contribution in [0.5, 0.6) is 0 Å². The van der Waals surface area contributed by atoms with Crippen molar-refractivity contribution in [3.63, 3.8) is 0 Å². The highest BCUT2D eigenvalue weighted by molar-refractivity contribution is 5.94. The molecular formula is C6H8O3. The normalized spacial score (nSPS) is 9.56. The lowest BCUT2D eigenvalue weighted by Crippen LogP contribution is -1.95. The van der Waals surface area contributed by atoms with Crippen molar-refractivity contribution in [2.45, 2.75) is 6.92 Å². The van der Waals surface area contributed by atoms with Crippen LogP contribution in [0.25, 0.3) is 0 Å². The van der Waals surface area contributed by atoms with Crippen LogP contribution in [0.1, 0.15) is 6.92 Å². The molecule has 0 aliphatic carbocycles. The molecule has 0 atom stereocenters. The molecule has 0 N–H and O–H groups in total. The number of methoxy groups -OCH3 is 1. The lowest BCUT2D eigenvalue weighted by molar-refractivity contribution is -0.135. The molecular weight excluding hydrogens is 120 g/mol. The van der Waals surface area contributed by atoms with Gasteiger partial charge in [-0.15, -0.1) is 0 Å². The molecule has 0 fully saturated rings. The van der Waals surface area contributed by atoms with Crippen molar-refractivity contribution in [3.8, 4) is 0 Å². The Morgan fingerprint density at radius 3 is 2.22 bits per heavy atom. The highest BCUT2D eigenvalue weighted by atomic mass is 16.5. The van der Waals surface area contributed by atoms with Crippen LogP contribution in [0.3, 0.4) is 0 Å². The molecule has 0 saturated heterocycles. The molecule has 0 aromatic heterocycles. The standard InChI is InChI=1S/C6H8O3/c1-5(7)3-4-6(8)9-2/h3-4H,1-2H3/b4-3+. The van der Waals surface area contributed by atoms with E-state index in [9.17, 15) is 9.59 Å². The lowest BCUT2D eigenvalue weighted by atomic mass is 10.4. The largest absolute Gasteiger partial charge is 0.466 e. The van der Waals surface area contributed by atoms with E-state index < -0.39 is 5.97 Å². The summed E-state index contributed by atoms with van der Waals surface area (Å²) in [5.74, 6) is -0.675. The second kappa shape index (κ2) is 3.83. The fourth-order valence-corrected chi connectivity index (χ4v) is 0.253. The van der Waals surface area contributed by atoms with Gasteiger partial charge in [0.15, 0.2) is 5.78 Å². The second-order valence-corrected chi connectivity index (χ2v) is 1.47. The van der Waals surface area contributed by atoms with Gasteiger partial charge in [-0.2, -0.15) is 0 Å². The number of allylic oxidation sites excluding steroid dienone is 1. The Bertz CT molecular complexity index is 146. The Morgan fingerprint density at radius 2 is 1.89 bits per heavy atom. The van der Waals surface area contributed by atoms with Gasteiger partial charge in [-0.3, -0.25) is 4.79 Å². The molecule has 0 aromatic rings. The molecule has 0 aliphatic heterocycles. The van der Waals surface area contributed by atoms with Crippen molar-refractivity contribution in [3.05, 3.63) is 12.2 Å². The Hall–Kier alpha value is -1.12. The molecule has 0 rings (SSSR count). The van der Waals surface area contributed by atoms with Gasteiger partial charge in [0.2, 0.25) is 0 Å². The van der Waals surface area contributed by atoms with Gasteiger partial charge in [0.25, 0.3) is 0 Å². The first-order valence-electron chi connectivity index (χ1n) is 2.43. The third-order valence-electron chi connectivity index (χ3n) is 0.655. The number of hydrogen-bond acceptors (Lipinski definition) is 3. The van der Waals surface area contributed by atoms with Crippen molar-refractivity contribution in [2.24, 2.45) is 0 Å². The average Bonchev–Trinajstić information content (AvgIpc) is 1.83. The van der Waals surface area contributed by atoms with Gasteiger partial charge in [0.1, 0.15) is 0 Å². The summed E-state index contributed by atoms with van der Waals surface area (Å²) in [6.45, 7) is 1.36. The number of hydrogen-bond donors (Lipinski definition) is 0. The van der Waals surface area contributed by atoms with Gasteiger partial charge in [0, 0.05) is 6.08 Å². The van der Waals surface area contributed by atoms with Crippen molar-refractivity contribution < 1.29 is 14.3 Å². The molecule has 0 unspecified atom stereocenters. The van der Waals surface area contributed by atoms with Crippen molar-refractivity contribution >= 4 is 11.8 Å². The molecule has 0 radical (unpaired) electrons. The van der Waals surface area contributed by atoms with Crippen molar-refractivity contribution in [1.29, 1.82) is 0 Å². The fraction of sp³-hybridized carbons (Fsp3) is 0.333. The zero-order valence-corrected chi connectivity index (χ0v) is 5.38. The first-order chi connectivity index (χ1) is 4.16. The molecule has 0 saturated carbocycles. The smallest absolute Gasteiger partial charge is 0.330 e. The molecule has 3 nitrogen and oxygen atoms in total. The van der Waals surface area contributed by atoms with E-state index in [2.05, 4.69) is 4.74 Å². The van der Waals surface area contributed by atoms with E-state index in [1.807, 2.05) is 0 Å². The Kier molecular flexibility index (Phi) is 3.35. The number of esters is 1. The highest BCUT2D eigenvalue weighted by Gasteiger charge is 1.89. The van der Waals surface area contributed by atoms with Crippen LogP contribution in [0.2, 0.25) is 0 Å². The zero-order valence-electron chi connectivity index (χ0n) is 5.38. The fourth-order valence-electron chi connectivity index (χ4n) is 0.253. The van der Waals surface area contributed by atoms with E-state index in [4.69, 9.17) is 0 Å². The van der Waals surface area contributed by atoms with Crippen LogP contribution >= 0.6 is 0 Å². The molecule has 0 aromatic carbocycles. The van der Waals surface area contributed by atoms with Gasteiger partial charge in [0.05, 0.1) is 7.11 Å².